The maximum Gasteiger partial charge on any atom is 0.252 e. The smallest absolute Gasteiger partial charge is 0.252 e. The van der Waals surface area contributed by atoms with Crippen molar-refractivity contribution in [2.24, 2.45) is 5.73 Å². The molecule has 11 heavy (non-hydrogen) atoms. The number of carbonyl (C=O) groups excluding carboxylic acids is 3. The molecule has 0 aliphatic carbocycles. The van der Waals surface area contributed by atoms with Crippen LogP contribution in [0.4, 0.5) is 0 Å². The molecule has 0 fully saturated rings. The van der Waals surface area contributed by atoms with Crippen LogP contribution in [-0.4, -0.2) is 17.5 Å². The third-order valence-electron chi connectivity index (χ3n) is 0.992. The van der Waals surface area contributed by atoms with Gasteiger partial charge < -0.3 is 5.73 Å². The van der Waals surface area contributed by atoms with Crippen molar-refractivity contribution >= 4 is 17.5 Å². The van der Waals surface area contributed by atoms with E-state index < -0.39 is 11.7 Å². The van der Waals surface area contributed by atoms with E-state index in [1.54, 1.807) is 0 Å². The molecule has 0 bridgehead atoms. The van der Waals surface area contributed by atoms with E-state index >= 15 is 0 Å². The van der Waals surface area contributed by atoms with E-state index in [9.17, 15) is 14.4 Å². The highest BCUT2D eigenvalue weighted by atomic mass is 16.2. The molecule has 0 rings (SSSR count). The Hall–Kier alpha value is -1.45. The van der Waals surface area contributed by atoms with Gasteiger partial charge in [-0.15, -0.1) is 0 Å². The average Bonchev–Trinajstić information content (AvgIpc) is 1.81. The second-order valence-corrected chi connectivity index (χ2v) is 2.09. The van der Waals surface area contributed by atoms with Gasteiger partial charge in [0.15, 0.2) is 11.6 Å². The summed E-state index contributed by atoms with van der Waals surface area (Å²) in [5.41, 5.74) is 4.55. The second kappa shape index (κ2) is 3.65. The van der Waals surface area contributed by atoms with Crippen LogP contribution in [-0.2, 0) is 14.4 Å². The van der Waals surface area contributed by atoms with Crippen LogP contribution in [0.25, 0.3) is 0 Å². The maximum atomic E-state index is 10.6. The highest BCUT2D eigenvalue weighted by molar-refractivity contribution is 6.20. The molecule has 0 aliphatic heterocycles. The van der Waals surface area contributed by atoms with E-state index in [0.29, 0.717) is 0 Å². The number of hydrogen-bond donors (Lipinski definition) is 1. The maximum absolute atomic E-state index is 10.6. The molecule has 2 N–H and O–H groups in total. The molecule has 4 heteroatoms. The van der Waals surface area contributed by atoms with Crippen LogP contribution in [0.5, 0.6) is 0 Å². The molecule has 0 saturated carbocycles. The van der Waals surface area contributed by atoms with Crippen LogP contribution in [0.15, 0.2) is 11.6 Å². The molecule has 0 aromatic heterocycles. The van der Waals surface area contributed by atoms with Gasteiger partial charge in [-0.25, -0.2) is 0 Å². The van der Waals surface area contributed by atoms with Gasteiger partial charge in [0.05, 0.1) is 5.57 Å². The second-order valence-electron chi connectivity index (χ2n) is 2.09. The van der Waals surface area contributed by atoms with E-state index in [1.165, 1.54) is 13.8 Å². The number of allylic oxidation sites excluding steroid dienone is 1. The third kappa shape index (κ3) is 3.30. The van der Waals surface area contributed by atoms with Gasteiger partial charge in [0.25, 0.3) is 5.91 Å². The van der Waals surface area contributed by atoms with Crippen LogP contribution in [0.3, 0.4) is 0 Å². The number of ketones is 2. The Labute approximate surface area is 64.1 Å². The van der Waals surface area contributed by atoms with Crippen molar-refractivity contribution in [3.8, 4) is 0 Å². The molecular weight excluding hydrogens is 146 g/mol. The fraction of sp³-hybridized carbons (Fsp3) is 0.286. The van der Waals surface area contributed by atoms with Gasteiger partial charge in [0.2, 0.25) is 0 Å². The highest BCUT2D eigenvalue weighted by Gasteiger charge is 2.10. The van der Waals surface area contributed by atoms with Crippen molar-refractivity contribution in [3.05, 3.63) is 11.6 Å². The standard InChI is InChI=1S/C7H9NO3/c1-4(9)3-6(5(2)10)7(8)11/h3H,1-2H3,(H2,8,11)/b6-3-. The van der Waals surface area contributed by atoms with Crippen molar-refractivity contribution in [1.82, 2.24) is 0 Å². The lowest BCUT2D eigenvalue weighted by Crippen LogP contribution is -2.19. The fourth-order valence-corrected chi connectivity index (χ4v) is 0.550. The number of Topliss-reactive ketones (excluding diaryl/α,β-unsaturated/α-hetero) is 1. The van der Waals surface area contributed by atoms with Crippen molar-refractivity contribution < 1.29 is 14.4 Å². The van der Waals surface area contributed by atoms with E-state index in [-0.39, 0.29) is 11.4 Å². The summed E-state index contributed by atoms with van der Waals surface area (Å²) in [5, 5.41) is 0. The van der Waals surface area contributed by atoms with Crippen molar-refractivity contribution in [2.45, 2.75) is 13.8 Å². The molecule has 0 heterocycles. The average molecular weight is 155 g/mol. The van der Waals surface area contributed by atoms with Crippen LogP contribution in [0.2, 0.25) is 0 Å². The molecule has 0 unspecified atom stereocenters. The third-order valence-corrected chi connectivity index (χ3v) is 0.992. The number of carbonyl (C=O) groups is 3. The predicted octanol–water partition coefficient (Wildman–Crippen LogP) is -0.424. The normalized spacial score (nSPS) is 10.9. The lowest BCUT2D eigenvalue weighted by molar-refractivity contribution is -0.121. The SMILES string of the molecule is CC(=O)/C=C(/C(C)=O)C(N)=O. The van der Waals surface area contributed by atoms with Gasteiger partial charge in [0, 0.05) is 0 Å². The minimum atomic E-state index is -0.868. The minimum absolute atomic E-state index is 0.252. The molecule has 0 aliphatic rings. The van der Waals surface area contributed by atoms with Crippen molar-refractivity contribution in [1.29, 1.82) is 0 Å². The lowest BCUT2D eigenvalue weighted by Gasteiger charge is -1.93. The van der Waals surface area contributed by atoms with Gasteiger partial charge in [0.1, 0.15) is 0 Å². The van der Waals surface area contributed by atoms with Gasteiger partial charge in [-0.3, -0.25) is 14.4 Å². The van der Waals surface area contributed by atoms with Gasteiger partial charge >= 0.3 is 0 Å². The van der Waals surface area contributed by atoms with Gasteiger partial charge in [-0.05, 0) is 19.9 Å². The number of hydrogen-bond acceptors (Lipinski definition) is 3. The van der Waals surface area contributed by atoms with Crippen LogP contribution in [0.1, 0.15) is 13.8 Å². The fourth-order valence-electron chi connectivity index (χ4n) is 0.550. The molecule has 0 saturated heterocycles. The summed E-state index contributed by atoms with van der Waals surface area (Å²) < 4.78 is 0. The molecule has 1 amide bonds. The number of nitrogens with two attached hydrogens (primary N) is 1. The first-order valence-electron chi connectivity index (χ1n) is 2.98. The van der Waals surface area contributed by atoms with Crippen molar-refractivity contribution in [3.63, 3.8) is 0 Å². The zero-order valence-corrected chi connectivity index (χ0v) is 6.38. The first-order chi connectivity index (χ1) is 4.95. The first-order valence-corrected chi connectivity index (χ1v) is 2.98. The van der Waals surface area contributed by atoms with E-state index in [2.05, 4.69) is 0 Å². The van der Waals surface area contributed by atoms with Gasteiger partial charge in [-0.1, -0.05) is 0 Å². The van der Waals surface area contributed by atoms with E-state index in [4.69, 9.17) is 5.73 Å². The molecule has 0 radical (unpaired) electrons. The Balaban J connectivity index is 4.75. The van der Waals surface area contributed by atoms with Crippen LogP contribution in [0, 0.1) is 0 Å². The minimum Gasteiger partial charge on any atom is -0.365 e. The molecule has 60 valence electrons. The predicted molar refractivity (Wildman–Crippen MR) is 38.6 cm³/mol. The van der Waals surface area contributed by atoms with Gasteiger partial charge in [-0.2, -0.15) is 0 Å². The number of rotatable bonds is 3. The highest BCUT2D eigenvalue weighted by Crippen LogP contribution is 1.94. The van der Waals surface area contributed by atoms with E-state index in [0.717, 1.165) is 6.08 Å². The Kier molecular flexibility index (Phi) is 3.17. The summed E-state index contributed by atoms with van der Waals surface area (Å²) in [6, 6.07) is 0. The van der Waals surface area contributed by atoms with Crippen LogP contribution < -0.4 is 5.73 Å². The lowest BCUT2D eigenvalue weighted by atomic mass is 10.1. The Morgan fingerprint density at radius 2 is 1.64 bits per heavy atom. The molecule has 0 aromatic rings. The number of primary amides is 1. The summed E-state index contributed by atoms with van der Waals surface area (Å²) in [4.78, 5) is 31.5. The first kappa shape index (κ1) is 9.55. The zero-order valence-electron chi connectivity index (χ0n) is 6.38. The zero-order chi connectivity index (χ0) is 9.02. The monoisotopic (exact) mass is 155 g/mol. The molecule has 0 aromatic carbocycles. The Bertz CT molecular complexity index is 224. The van der Waals surface area contributed by atoms with E-state index in [1.807, 2.05) is 0 Å². The Morgan fingerprint density at radius 1 is 1.18 bits per heavy atom. The summed E-state index contributed by atoms with van der Waals surface area (Å²) in [7, 11) is 0. The molecular formula is C7H9NO3. The Morgan fingerprint density at radius 3 is 1.73 bits per heavy atom. The quantitative estimate of drug-likeness (QED) is 0.341. The molecule has 0 spiro atoms. The summed E-state index contributed by atoms with van der Waals surface area (Å²) in [5.74, 6) is -1.73. The number of amides is 1. The van der Waals surface area contributed by atoms with Crippen LogP contribution >= 0.6 is 0 Å². The largest absolute Gasteiger partial charge is 0.365 e. The van der Waals surface area contributed by atoms with Crippen molar-refractivity contribution in [2.75, 3.05) is 0 Å². The summed E-state index contributed by atoms with van der Waals surface area (Å²) in [6.45, 7) is 2.42. The summed E-state index contributed by atoms with van der Waals surface area (Å²) >= 11 is 0. The topological polar surface area (TPSA) is 77.2 Å². The molecule has 4 nitrogen and oxygen atoms in total. The molecule has 0 atom stereocenters. The summed E-state index contributed by atoms with van der Waals surface area (Å²) in [6.07, 6.45) is 0.935.